The van der Waals surface area contributed by atoms with Crippen molar-refractivity contribution in [2.45, 2.75) is 78.2 Å². The van der Waals surface area contributed by atoms with Crippen LogP contribution in [0.15, 0.2) is 51.8 Å². The highest BCUT2D eigenvalue weighted by molar-refractivity contribution is 9.11. The third-order valence-corrected chi connectivity index (χ3v) is 8.99. The van der Waals surface area contributed by atoms with Gasteiger partial charge in [0.2, 0.25) is 5.91 Å². The van der Waals surface area contributed by atoms with Crippen molar-refractivity contribution in [3.8, 4) is 5.75 Å². The van der Waals surface area contributed by atoms with Crippen molar-refractivity contribution in [1.82, 2.24) is 15.6 Å². The maximum absolute atomic E-state index is 12.9. The summed E-state index contributed by atoms with van der Waals surface area (Å²) in [7, 11) is 1.08. The molecule has 0 aliphatic carbocycles. The molecule has 4 rings (SSSR count). The van der Waals surface area contributed by atoms with Gasteiger partial charge in [-0.05, 0) is 93.6 Å². The second-order valence-electron chi connectivity index (χ2n) is 11.7. The van der Waals surface area contributed by atoms with Gasteiger partial charge in [0.05, 0.1) is 28.9 Å². The maximum atomic E-state index is 12.9. The molecule has 0 radical (unpaired) electrons. The fourth-order valence-electron chi connectivity index (χ4n) is 4.19. The lowest BCUT2D eigenvalue weighted by Crippen LogP contribution is -2.47. The molecule has 1 saturated heterocycles. The molecule has 0 spiro atoms. The number of thiazole rings is 1. The van der Waals surface area contributed by atoms with Gasteiger partial charge in [0.1, 0.15) is 11.8 Å². The lowest BCUT2D eigenvalue weighted by molar-refractivity contribution is -0.122. The van der Waals surface area contributed by atoms with Gasteiger partial charge in [-0.25, -0.2) is 9.78 Å². The molecule has 3 aromatic rings. The molecule has 0 bridgehead atoms. The first-order valence-electron chi connectivity index (χ1n) is 14.8. The molecule has 46 heavy (non-hydrogen) atoms. The zero-order valence-corrected chi connectivity index (χ0v) is 30.4. The van der Waals surface area contributed by atoms with E-state index in [2.05, 4.69) is 31.5 Å². The maximum Gasteiger partial charge on any atom is 0.494 e. The van der Waals surface area contributed by atoms with E-state index in [1.807, 2.05) is 65.8 Å². The minimum Gasteiger partial charge on any atom is -0.489 e. The zero-order chi connectivity index (χ0) is 34.2. The Morgan fingerprint density at radius 3 is 2.20 bits per heavy atom. The number of carbonyl (C=O) groups excluding carboxylic acids is 3. The molecule has 1 fully saturated rings. The van der Waals surface area contributed by atoms with Crippen molar-refractivity contribution in [2.75, 3.05) is 13.7 Å². The van der Waals surface area contributed by atoms with Crippen LogP contribution in [-0.2, 0) is 25.3 Å². The first kappa shape index (κ1) is 37.5. The second-order valence-corrected chi connectivity index (χ2v) is 14.2. The normalized spacial score (nSPS) is 15.4. The lowest BCUT2D eigenvalue weighted by atomic mass is 9.78. The molecule has 0 saturated carbocycles. The van der Waals surface area contributed by atoms with Crippen molar-refractivity contribution in [1.29, 1.82) is 0 Å². The highest BCUT2D eigenvalue weighted by Gasteiger charge is 2.51. The van der Waals surface area contributed by atoms with Crippen LogP contribution in [0.3, 0.4) is 0 Å². The molecule has 2 aromatic carbocycles. The molecule has 1 aliphatic heterocycles. The van der Waals surface area contributed by atoms with Crippen LogP contribution in [0.25, 0.3) is 0 Å². The summed E-state index contributed by atoms with van der Waals surface area (Å²) in [5, 5.41) is 7.42. The fourth-order valence-corrected chi connectivity index (χ4v) is 5.40. The molecule has 1 aromatic heterocycles. The predicted molar refractivity (Wildman–Crippen MR) is 184 cm³/mol. The van der Waals surface area contributed by atoms with Crippen LogP contribution in [0.5, 0.6) is 5.75 Å². The smallest absolute Gasteiger partial charge is 0.489 e. The summed E-state index contributed by atoms with van der Waals surface area (Å²) in [6, 6.07) is 11.7. The van der Waals surface area contributed by atoms with Crippen molar-refractivity contribution < 1.29 is 33.2 Å². The molecular formula is C32H40BBrClN3O7S. The van der Waals surface area contributed by atoms with Crippen LogP contribution >= 0.6 is 38.9 Å². The SMILES string of the molecule is CCOC(=O)c1csc(Br)n1.CNC(=O)[C@H](Cc1ccc(B2OC(C)(C)C(C)(C)O2)cc1)NC(=O)c1ccc(OC(C)C)c(Cl)c1. The first-order chi connectivity index (χ1) is 21.6. The monoisotopic (exact) mass is 735 g/mol. The van der Waals surface area contributed by atoms with Gasteiger partial charge < -0.3 is 29.4 Å². The summed E-state index contributed by atoms with van der Waals surface area (Å²) in [6.45, 7) is 14.0. The van der Waals surface area contributed by atoms with E-state index >= 15 is 0 Å². The van der Waals surface area contributed by atoms with E-state index < -0.39 is 30.3 Å². The van der Waals surface area contributed by atoms with Crippen LogP contribution in [-0.4, -0.2) is 66.9 Å². The van der Waals surface area contributed by atoms with Crippen LogP contribution in [0.4, 0.5) is 0 Å². The Morgan fingerprint density at radius 1 is 1.07 bits per heavy atom. The molecule has 2 amide bonds. The number of esters is 1. The minimum absolute atomic E-state index is 0.0408. The van der Waals surface area contributed by atoms with Crippen molar-refractivity contribution >= 4 is 69.2 Å². The van der Waals surface area contributed by atoms with Crippen molar-refractivity contribution in [2.24, 2.45) is 0 Å². The largest absolute Gasteiger partial charge is 0.494 e. The summed E-state index contributed by atoms with van der Waals surface area (Å²) < 4.78 is 23.2. The predicted octanol–water partition coefficient (Wildman–Crippen LogP) is 5.60. The molecule has 2 N–H and O–H groups in total. The topological polar surface area (TPSA) is 125 Å². The summed E-state index contributed by atoms with van der Waals surface area (Å²) in [5.74, 6) is -0.553. The Bertz CT molecular complexity index is 1500. The van der Waals surface area contributed by atoms with E-state index in [0.29, 0.717) is 39.0 Å². The average molecular weight is 737 g/mol. The van der Waals surface area contributed by atoms with Crippen molar-refractivity contribution in [3.63, 3.8) is 0 Å². The number of hydrogen-bond donors (Lipinski definition) is 2. The molecule has 10 nitrogen and oxygen atoms in total. The van der Waals surface area contributed by atoms with E-state index in [1.54, 1.807) is 24.4 Å². The van der Waals surface area contributed by atoms with Crippen LogP contribution < -0.4 is 20.8 Å². The third kappa shape index (κ3) is 10.0. The number of amides is 2. The number of likely N-dealkylation sites (N-methyl/N-ethyl adjacent to an activating group) is 1. The number of nitrogens with zero attached hydrogens (tertiary/aromatic N) is 1. The number of carbonyl (C=O) groups is 3. The summed E-state index contributed by atoms with van der Waals surface area (Å²) >= 11 is 10.8. The molecule has 1 atom stereocenters. The van der Waals surface area contributed by atoms with E-state index in [9.17, 15) is 14.4 Å². The van der Waals surface area contributed by atoms with Gasteiger partial charge >= 0.3 is 13.1 Å². The zero-order valence-electron chi connectivity index (χ0n) is 27.2. The Hall–Kier alpha value is -2.97. The van der Waals surface area contributed by atoms with Gasteiger partial charge in [-0.1, -0.05) is 35.9 Å². The number of hydrogen-bond acceptors (Lipinski definition) is 9. The van der Waals surface area contributed by atoms with Gasteiger partial charge in [0, 0.05) is 24.4 Å². The van der Waals surface area contributed by atoms with E-state index in [4.69, 9.17) is 30.4 Å². The van der Waals surface area contributed by atoms with Crippen molar-refractivity contribution in [3.05, 3.63) is 73.6 Å². The first-order valence-corrected chi connectivity index (χ1v) is 16.8. The van der Waals surface area contributed by atoms with Crippen LogP contribution in [0, 0.1) is 0 Å². The van der Waals surface area contributed by atoms with Crippen LogP contribution in [0.2, 0.25) is 5.02 Å². The molecule has 1 aliphatic rings. The minimum atomic E-state index is -0.763. The summed E-state index contributed by atoms with van der Waals surface area (Å²) in [6.07, 6.45) is 0.276. The molecule has 2 heterocycles. The van der Waals surface area contributed by atoms with E-state index in [1.165, 1.54) is 24.5 Å². The van der Waals surface area contributed by atoms with Gasteiger partial charge in [-0.15, -0.1) is 11.3 Å². The van der Waals surface area contributed by atoms with Gasteiger partial charge in [0.15, 0.2) is 9.61 Å². The lowest BCUT2D eigenvalue weighted by Gasteiger charge is -2.32. The van der Waals surface area contributed by atoms with Gasteiger partial charge in [-0.3, -0.25) is 9.59 Å². The number of aromatic nitrogens is 1. The highest BCUT2D eigenvalue weighted by atomic mass is 79.9. The quantitative estimate of drug-likeness (QED) is 0.204. The van der Waals surface area contributed by atoms with Gasteiger partial charge in [0.25, 0.3) is 5.91 Å². The number of benzene rings is 2. The Labute approximate surface area is 288 Å². The van der Waals surface area contributed by atoms with E-state index in [-0.39, 0.29) is 18.0 Å². The summed E-state index contributed by atoms with van der Waals surface area (Å²) in [4.78, 5) is 40.3. The second kappa shape index (κ2) is 16.2. The van der Waals surface area contributed by atoms with Crippen LogP contribution in [0.1, 0.15) is 74.9 Å². The average Bonchev–Trinajstić information content (AvgIpc) is 3.52. The Kier molecular flexibility index (Phi) is 13.2. The Morgan fingerprint density at radius 2 is 1.70 bits per heavy atom. The molecule has 0 unspecified atom stereocenters. The fraction of sp³-hybridized carbons (Fsp3) is 0.438. The standard InChI is InChI=1S/C26H34BClN2O5.C6H6BrNO2S/c1-16(2)33-22-13-10-18(15-20(22)28)23(31)30-21(24(32)29-7)14-17-8-11-19(12-9-17)27-34-25(3,4)26(5,6)35-27;1-2-10-5(9)4-3-11-6(7)8-4/h8-13,15-16,21H,14H2,1-7H3,(H,29,32)(H,30,31);3H,2H2,1H3/t21-;/m0./s1. The summed E-state index contributed by atoms with van der Waals surface area (Å²) in [5.41, 5.74) is 1.64. The molecule has 14 heteroatoms. The number of ether oxygens (including phenoxy) is 2. The highest BCUT2D eigenvalue weighted by Crippen LogP contribution is 2.36. The molecule has 248 valence electrons. The molecular weight excluding hydrogens is 697 g/mol. The Balaban J connectivity index is 0.000000441. The number of rotatable bonds is 10. The third-order valence-electron chi connectivity index (χ3n) is 7.33. The van der Waals surface area contributed by atoms with Gasteiger partial charge in [-0.2, -0.15) is 0 Å². The number of halogens is 2. The number of nitrogens with one attached hydrogen (secondary N) is 2. The van der Waals surface area contributed by atoms with E-state index in [0.717, 1.165) is 11.0 Å².